The average Bonchev–Trinajstić information content (AvgIpc) is 2.84. The normalized spacial score (nSPS) is 18.3. The van der Waals surface area contributed by atoms with Gasteiger partial charge < -0.3 is 25.8 Å². The molecule has 2 unspecified atom stereocenters. The topological polar surface area (TPSA) is 138 Å². The summed E-state index contributed by atoms with van der Waals surface area (Å²) in [4.78, 5) is 22.8. The maximum absolute atomic E-state index is 13.9. The SMILES string of the molecule is COCC1COCC(C)N1c1nc(-c2cnc(N)cc2C(F)F)nc(-c2cnc(N)cc2C(F)F)n1. The van der Waals surface area contributed by atoms with Crippen LogP contribution in [0.3, 0.4) is 0 Å². The predicted molar refractivity (Wildman–Crippen MR) is 123 cm³/mol. The predicted octanol–water partition coefficient (Wildman–Crippen LogP) is 3.28. The van der Waals surface area contributed by atoms with E-state index in [4.69, 9.17) is 20.9 Å². The minimum atomic E-state index is -2.92. The lowest BCUT2D eigenvalue weighted by Crippen LogP contribution is -2.54. The quantitative estimate of drug-likeness (QED) is 0.457. The highest BCUT2D eigenvalue weighted by molar-refractivity contribution is 5.68. The van der Waals surface area contributed by atoms with E-state index in [1.165, 1.54) is 7.11 Å². The fourth-order valence-electron chi connectivity index (χ4n) is 4.01. The van der Waals surface area contributed by atoms with Crippen molar-refractivity contribution in [1.29, 1.82) is 0 Å². The van der Waals surface area contributed by atoms with Crippen LogP contribution in [0.25, 0.3) is 22.8 Å². The van der Waals surface area contributed by atoms with E-state index in [9.17, 15) is 17.6 Å². The summed E-state index contributed by atoms with van der Waals surface area (Å²) in [6.45, 7) is 2.72. The molecule has 0 spiro atoms. The van der Waals surface area contributed by atoms with E-state index >= 15 is 0 Å². The van der Waals surface area contributed by atoms with Crippen molar-refractivity contribution in [3.05, 3.63) is 35.7 Å². The van der Waals surface area contributed by atoms with Crippen molar-refractivity contribution >= 4 is 17.6 Å². The summed E-state index contributed by atoms with van der Waals surface area (Å²) < 4.78 is 66.5. The highest BCUT2D eigenvalue weighted by Crippen LogP contribution is 2.35. The molecule has 1 saturated heterocycles. The van der Waals surface area contributed by atoms with Crippen molar-refractivity contribution in [3.8, 4) is 22.8 Å². The molecular weight excluding hydrogens is 484 g/mol. The van der Waals surface area contributed by atoms with Crippen LogP contribution in [0.2, 0.25) is 0 Å². The first kappa shape index (κ1) is 25.4. The number of halogens is 4. The van der Waals surface area contributed by atoms with Gasteiger partial charge in [-0.05, 0) is 19.1 Å². The summed E-state index contributed by atoms with van der Waals surface area (Å²) in [6, 6.07) is 1.45. The third-order valence-corrected chi connectivity index (χ3v) is 5.62. The number of methoxy groups -OCH3 is 1. The molecule has 14 heteroatoms. The number of anilines is 3. The Hall–Kier alpha value is -3.65. The molecule has 0 amide bonds. The third-order valence-electron chi connectivity index (χ3n) is 5.62. The number of nitrogen functional groups attached to an aromatic ring is 2. The Balaban J connectivity index is 1.97. The molecule has 10 nitrogen and oxygen atoms in total. The zero-order chi connectivity index (χ0) is 26.0. The van der Waals surface area contributed by atoms with Gasteiger partial charge in [0.25, 0.3) is 12.9 Å². The van der Waals surface area contributed by atoms with E-state index < -0.39 is 24.0 Å². The highest BCUT2D eigenvalue weighted by atomic mass is 19.3. The number of aromatic nitrogens is 5. The van der Waals surface area contributed by atoms with Crippen molar-refractivity contribution in [3.63, 3.8) is 0 Å². The monoisotopic (exact) mass is 508 g/mol. The zero-order valence-electron chi connectivity index (χ0n) is 19.4. The number of nitrogens with zero attached hydrogens (tertiary/aromatic N) is 6. The lowest BCUT2D eigenvalue weighted by atomic mass is 10.1. The van der Waals surface area contributed by atoms with Crippen LogP contribution in [0.4, 0.5) is 35.1 Å². The molecule has 2 atom stereocenters. The number of pyridine rings is 2. The molecule has 1 aliphatic rings. The van der Waals surface area contributed by atoms with Crippen molar-refractivity contribution in [2.24, 2.45) is 0 Å². The Bertz CT molecular complexity index is 1150. The minimum Gasteiger partial charge on any atom is -0.384 e. The maximum atomic E-state index is 13.9. The van der Waals surface area contributed by atoms with E-state index in [-0.39, 0.29) is 65.7 Å². The van der Waals surface area contributed by atoms with Gasteiger partial charge in [0.1, 0.15) is 11.6 Å². The summed E-state index contributed by atoms with van der Waals surface area (Å²) in [5.41, 5.74) is 10.1. The second kappa shape index (κ2) is 10.5. The lowest BCUT2D eigenvalue weighted by molar-refractivity contribution is 0.0411. The van der Waals surface area contributed by atoms with Crippen LogP contribution in [-0.2, 0) is 9.47 Å². The molecule has 36 heavy (non-hydrogen) atoms. The number of rotatable bonds is 7. The smallest absolute Gasteiger partial charge is 0.264 e. The van der Waals surface area contributed by atoms with Crippen molar-refractivity contribution in [2.75, 3.05) is 43.3 Å². The number of nitrogens with two attached hydrogens (primary N) is 2. The van der Waals surface area contributed by atoms with Gasteiger partial charge in [-0.25, -0.2) is 32.5 Å². The molecular formula is C22H24F4N8O2. The van der Waals surface area contributed by atoms with Crippen LogP contribution in [0.1, 0.15) is 30.9 Å². The van der Waals surface area contributed by atoms with E-state index in [2.05, 4.69) is 24.9 Å². The van der Waals surface area contributed by atoms with Gasteiger partial charge in [0.05, 0.1) is 31.9 Å². The van der Waals surface area contributed by atoms with Crippen molar-refractivity contribution < 1.29 is 27.0 Å². The Morgan fingerprint density at radius 2 is 1.47 bits per heavy atom. The van der Waals surface area contributed by atoms with Gasteiger partial charge in [-0.1, -0.05) is 0 Å². The van der Waals surface area contributed by atoms with Crippen LogP contribution >= 0.6 is 0 Å². The summed E-state index contributed by atoms with van der Waals surface area (Å²) in [5, 5.41) is 0. The van der Waals surface area contributed by atoms with Crippen LogP contribution in [0, 0.1) is 0 Å². The number of ether oxygens (including phenoxy) is 2. The van der Waals surface area contributed by atoms with E-state index in [1.807, 2.05) is 6.92 Å². The second-order valence-electron chi connectivity index (χ2n) is 8.18. The Kier molecular flexibility index (Phi) is 7.45. The van der Waals surface area contributed by atoms with Gasteiger partial charge in [0.15, 0.2) is 11.6 Å². The largest absolute Gasteiger partial charge is 0.384 e. The zero-order valence-corrected chi connectivity index (χ0v) is 19.4. The van der Waals surface area contributed by atoms with Gasteiger partial charge in [-0.3, -0.25) is 0 Å². The molecule has 3 aromatic rings. The van der Waals surface area contributed by atoms with Gasteiger partial charge >= 0.3 is 0 Å². The third kappa shape index (κ3) is 5.14. The second-order valence-corrected chi connectivity index (χ2v) is 8.18. The van der Waals surface area contributed by atoms with E-state index in [0.29, 0.717) is 6.61 Å². The summed E-state index contributed by atoms with van der Waals surface area (Å²) in [5.74, 6) is -0.544. The molecule has 4 heterocycles. The van der Waals surface area contributed by atoms with E-state index in [0.717, 1.165) is 24.5 Å². The van der Waals surface area contributed by atoms with Gasteiger partial charge in [-0.15, -0.1) is 0 Å². The lowest BCUT2D eigenvalue weighted by Gasteiger charge is -2.40. The molecule has 0 aliphatic carbocycles. The van der Waals surface area contributed by atoms with Crippen LogP contribution in [0.5, 0.6) is 0 Å². The summed E-state index contributed by atoms with van der Waals surface area (Å²) in [7, 11) is 1.52. The Morgan fingerprint density at radius 1 is 0.944 bits per heavy atom. The maximum Gasteiger partial charge on any atom is 0.264 e. The van der Waals surface area contributed by atoms with Gasteiger partial charge in [-0.2, -0.15) is 9.97 Å². The number of morpholine rings is 1. The van der Waals surface area contributed by atoms with Crippen molar-refractivity contribution in [2.45, 2.75) is 31.9 Å². The van der Waals surface area contributed by atoms with E-state index in [1.54, 1.807) is 4.90 Å². The molecule has 0 saturated carbocycles. The molecule has 3 aromatic heterocycles. The first-order valence-corrected chi connectivity index (χ1v) is 10.9. The fraction of sp³-hybridized carbons (Fsp3) is 0.409. The standard InChI is InChI=1S/C22H24F4N8O2/c1-10-7-36-9-11(8-35-2)34(10)22-32-20(14-5-29-16(27)3-12(14)18(23)24)31-21(33-22)15-6-30-17(28)4-13(15)19(25)26/h3-6,10-11,18-19H,7-9H2,1-2H3,(H2,27,29)(H2,28,30). The minimum absolute atomic E-state index is 0.0712. The van der Waals surface area contributed by atoms with Gasteiger partial charge in [0, 0.05) is 41.8 Å². The van der Waals surface area contributed by atoms with Crippen LogP contribution in [-0.4, -0.2) is 63.9 Å². The molecule has 0 bridgehead atoms. The molecule has 4 rings (SSSR count). The van der Waals surface area contributed by atoms with Gasteiger partial charge in [0.2, 0.25) is 5.95 Å². The summed E-state index contributed by atoms with van der Waals surface area (Å²) >= 11 is 0. The highest BCUT2D eigenvalue weighted by Gasteiger charge is 2.32. The molecule has 0 radical (unpaired) electrons. The molecule has 4 N–H and O–H groups in total. The summed E-state index contributed by atoms with van der Waals surface area (Å²) in [6.07, 6.45) is -3.62. The van der Waals surface area contributed by atoms with Crippen molar-refractivity contribution in [1.82, 2.24) is 24.9 Å². The fourth-order valence-corrected chi connectivity index (χ4v) is 4.01. The molecule has 0 aromatic carbocycles. The Morgan fingerprint density at radius 3 is 1.94 bits per heavy atom. The first-order valence-electron chi connectivity index (χ1n) is 10.9. The number of hydrogen-bond acceptors (Lipinski definition) is 10. The molecule has 1 aliphatic heterocycles. The van der Waals surface area contributed by atoms with Crippen LogP contribution in [0.15, 0.2) is 24.5 Å². The molecule has 192 valence electrons. The Labute approximate surface area is 203 Å². The van der Waals surface area contributed by atoms with Crippen LogP contribution < -0.4 is 16.4 Å². The molecule has 1 fully saturated rings. The number of hydrogen-bond donors (Lipinski definition) is 2. The first-order chi connectivity index (χ1) is 17.2. The number of alkyl halides is 4. The average molecular weight is 508 g/mol.